The average Bonchev–Trinajstić information content (AvgIpc) is 1.94. The van der Waals surface area contributed by atoms with Crippen LogP contribution in [-0.2, 0) is 0 Å². The van der Waals surface area contributed by atoms with Crippen LogP contribution in [-0.4, -0.2) is 22.5 Å². The van der Waals surface area contributed by atoms with Gasteiger partial charge in [0.2, 0.25) is 0 Å². The topological polar surface area (TPSA) is 40.5 Å². The van der Waals surface area contributed by atoms with Crippen molar-refractivity contribution in [2.45, 2.75) is 11.8 Å². The zero-order chi connectivity index (χ0) is 8.43. The molecule has 1 rings (SSSR count). The number of halogens is 2. The van der Waals surface area contributed by atoms with E-state index in [1.165, 1.54) is 6.08 Å². The molecule has 0 amide bonds. The van der Waals surface area contributed by atoms with Crippen LogP contribution < -0.4 is 0 Å². The Labute approximate surface area is 69.1 Å². The molecule has 0 fully saturated rings. The molecule has 5 heteroatoms. The fraction of sp³-hybridized carbons (Fsp3) is 0.333. The molecule has 2 N–H and O–H groups in total. The van der Waals surface area contributed by atoms with Crippen molar-refractivity contribution in [3.63, 3.8) is 0 Å². The van der Waals surface area contributed by atoms with Crippen molar-refractivity contribution in [2.24, 2.45) is 0 Å². The molecular weight excluding hydrogens is 169 g/mol. The zero-order valence-electron chi connectivity index (χ0n) is 5.67. The van der Waals surface area contributed by atoms with Crippen LogP contribution in [0, 0.1) is 0 Å². The molecule has 0 aromatic heterocycles. The molecule has 0 aromatic carbocycles. The summed E-state index contributed by atoms with van der Waals surface area (Å²) in [6, 6.07) is 0. The minimum Gasteiger partial charge on any atom is -0.423 e. The highest BCUT2D eigenvalue weighted by Crippen LogP contribution is 2.24. The molecule has 0 heterocycles. The van der Waals surface area contributed by atoms with Crippen molar-refractivity contribution in [3.8, 4) is 0 Å². The van der Waals surface area contributed by atoms with Gasteiger partial charge < -0.3 is 10.0 Å². The first-order valence-electron chi connectivity index (χ1n) is 3.17. The van der Waals surface area contributed by atoms with E-state index >= 15 is 0 Å². The van der Waals surface area contributed by atoms with Crippen molar-refractivity contribution in [3.05, 3.63) is 23.5 Å². The summed E-state index contributed by atoms with van der Waals surface area (Å²) in [5.41, 5.74) is 0.339. The third kappa shape index (κ3) is 2.05. The van der Waals surface area contributed by atoms with Gasteiger partial charge in [-0.2, -0.15) is 0 Å². The van der Waals surface area contributed by atoms with Gasteiger partial charge in [0.1, 0.15) is 5.83 Å². The molecule has 0 radical (unpaired) electrons. The minimum absolute atomic E-state index is 0.154. The molecule has 0 bridgehead atoms. The Morgan fingerprint density at radius 3 is 2.64 bits per heavy atom. The maximum absolute atomic E-state index is 12.5. The Morgan fingerprint density at radius 1 is 1.55 bits per heavy atom. The van der Waals surface area contributed by atoms with Crippen LogP contribution in [0.4, 0.5) is 4.39 Å². The summed E-state index contributed by atoms with van der Waals surface area (Å²) < 4.78 is 12.5. The quantitative estimate of drug-likeness (QED) is 0.458. The standard InChI is InChI=1S/C6H7BClFO2/c8-5-3-4(7(10)11)1-2-6(5)9/h1-2,5,10-11H,3H2. The number of rotatable bonds is 1. The van der Waals surface area contributed by atoms with E-state index in [1.807, 2.05) is 0 Å². The normalized spacial score (nSPS) is 24.2. The molecule has 2 nitrogen and oxygen atoms in total. The smallest absolute Gasteiger partial charge is 0.423 e. The molecule has 0 spiro atoms. The van der Waals surface area contributed by atoms with Gasteiger partial charge in [-0.05, 0) is 18.0 Å². The Hall–Kier alpha value is -0.315. The number of alkyl halides is 1. The second-order valence-electron chi connectivity index (χ2n) is 2.34. The highest BCUT2D eigenvalue weighted by Gasteiger charge is 2.23. The van der Waals surface area contributed by atoms with Crippen LogP contribution in [0.1, 0.15) is 6.42 Å². The summed E-state index contributed by atoms with van der Waals surface area (Å²) in [7, 11) is -1.53. The van der Waals surface area contributed by atoms with Gasteiger partial charge in [0.05, 0.1) is 5.38 Å². The van der Waals surface area contributed by atoms with Crippen LogP contribution >= 0.6 is 11.6 Å². The van der Waals surface area contributed by atoms with E-state index in [0.717, 1.165) is 6.08 Å². The van der Waals surface area contributed by atoms with Crippen LogP contribution in [0.25, 0.3) is 0 Å². The summed E-state index contributed by atoms with van der Waals surface area (Å²) in [6.07, 6.45) is 2.64. The summed E-state index contributed by atoms with van der Waals surface area (Å²) >= 11 is 5.50. The van der Waals surface area contributed by atoms with Crippen LogP contribution in [0.2, 0.25) is 0 Å². The van der Waals surface area contributed by atoms with Crippen LogP contribution in [0.3, 0.4) is 0 Å². The van der Waals surface area contributed by atoms with E-state index in [4.69, 9.17) is 21.6 Å². The molecule has 0 saturated heterocycles. The van der Waals surface area contributed by atoms with Crippen molar-refractivity contribution in [1.82, 2.24) is 0 Å². The fourth-order valence-corrected chi connectivity index (χ4v) is 1.11. The molecule has 0 saturated carbocycles. The molecule has 11 heavy (non-hydrogen) atoms. The highest BCUT2D eigenvalue weighted by molar-refractivity contribution is 6.51. The van der Waals surface area contributed by atoms with E-state index in [-0.39, 0.29) is 6.42 Å². The van der Waals surface area contributed by atoms with Crippen molar-refractivity contribution >= 4 is 18.7 Å². The summed E-state index contributed by atoms with van der Waals surface area (Å²) in [4.78, 5) is 0. The summed E-state index contributed by atoms with van der Waals surface area (Å²) in [6.45, 7) is 0. The Morgan fingerprint density at radius 2 is 2.18 bits per heavy atom. The maximum atomic E-state index is 12.5. The lowest BCUT2D eigenvalue weighted by Gasteiger charge is -2.13. The minimum atomic E-state index is -1.53. The van der Waals surface area contributed by atoms with Gasteiger partial charge >= 0.3 is 7.12 Å². The molecule has 1 atom stereocenters. The van der Waals surface area contributed by atoms with Crippen molar-refractivity contribution < 1.29 is 14.4 Å². The van der Waals surface area contributed by atoms with Crippen LogP contribution in [0.15, 0.2) is 23.5 Å². The predicted molar refractivity (Wildman–Crippen MR) is 41.7 cm³/mol. The fourth-order valence-electron chi connectivity index (χ4n) is 0.855. The first kappa shape index (κ1) is 8.78. The molecule has 60 valence electrons. The van der Waals surface area contributed by atoms with Gasteiger partial charge in [0.25, 0.3) is 0 Å². The largest absolute Gasteiger partial charge is 0.484 e. The average molecular weight is 176 g/mol. The lowest BCUT2D eigenvalue weighted by atomic mass is 9.75. The predicted octanol–water partition coefficient (Wildman–Crippen LogP) is 0.789. The van der Waals surface area contributed by atoms with Crippen LogP contribution in [0.5, 0.6) is 0 Å². The second kappa shape index (κ2) is 3.39. The van der Waals surface area contributed by atoms with E-state index in [2.05, 4.69) is 0 Å². The van der Waals surface area contributed by atoms with Gasteiger partial charge in [-0.1, -0.05) is 6.08 Å². The van der Waals surface area contributed by atoms with E-state index in [0.29, 0.717) is 5.47 Å². The van der Waals surface area contributed by atoms with Gasteiger partial charge in [-0.15, -0.1) is 11.6 Å². The SMILES string of the molecule is OB(O)C1=CC=C(F)C(Cl)C1. The number of hydrogen-bond acceptors (Lipinski definition) is 2. The molecule has 0 aliphatic heterocycles. The number of hydrogen-bond donors (Lipinski definition) is 2. The third-order valence-electron chi connectivity index (χ3n) is 1.50. The lowest BCUT2D eigenvalue weighted by Crippen LogP contribution is -2.20. The molecule has 1 aliphatic rings. The van der Waals surface area contributed by atoms with Gasteiger partial charge in [0.15, 0.2) is 0 Å². The van der Waals surface area contributed by atoms with Gasteiger partial charge in [-0.25, -0.2) is 4.39 Å². The summed E-state index contributed by atoms with van der Waals surface area (Å²) in [5.74, 6) is -0.434. The Kier molecular flexibility index (Phi) is 2.70. The third-order valence-corrected chi connectivity index (χ3v) is 1.87. The Bertz CT molecular complexity index is 215. The Balaban J connectivity index is 2.73. The maximum Gasteiger partial charge on any atom is 0.484 e. The number of allylic oxidation sites excluding steroid dienone is 4. The van der Waals surface area contributed by atoms with Crippen molar-refractivity contribution in [1.29, 1.82) is 0 Å². The molecule has 1 unspecified atom stereocenters. The first-order chi connectivity index (χ1) is 5.11. The summed E-state index contributed by atoms with van der Waals surface area (Å²) in [5, 5.41) is 16.6. The van der Waals surface area contributed by atoms with E-state index in [9.17, 15) is 4.39 Å². The van der Waals surface area contributed by atoms with Gasteiger partial charge in [0, 0.05) is 0 Å². The van der Waals surface area contributed by atoms with Gasteiger partial charge in [-0.3, -0.25) is 0 Å². The lowest BCUT2D eigenvalue weighted by molar-refractivity contribution is 0.415. The van der Waals surface area contributed by atoms with E-state index < -0.39 is 18.3 Å². The van der Waals surface area contributed by atoms with Crippen molar-refractivity contribution in [2.75, 3.05) is 0 Å². The second-order valence-corrected chi connectivity index (χ2v) is 2.87. The zero-order valence-corrected chi connectivity index (χ0v) is 6.42. The highest BCUT2D eigenvalue weighted by atomic mass is 35.5. The molecular formula is C6H7BClFO2. The monoisotopic (exact) mass is 176 g/mol. The molecule has 1 aliphatic carbocycles. The first-order valence-corrected chi connectivity index (χ1v) is 3.61. The molecule has 0 aromatic rings. The van der Waals surface area contributed by atoms with E-state index in [1.54, 1.807) is 0 Å².